The molecule has 0 saturated carbocycles. The number of benzene rings is 1. The number of nitrogen functional groups attached to an aromatic ring is 1. The Balaban J connectivity index is 2.45. The van der Waals surface area contributed by atoms with Gasteiger partial charge in [0.1, 0.15) is 0 Å². The number of likely N-dealkylation sites (N-methyl/N-ethyl adjacent to an activating group) is 1. The van der Waals surface area contributed by atoms with Gasteiger partial charge in [-0.25, -0.2) is 0 Å². The second-order valence-electron chi connectivity index (χ2n) is 4.11. The summed E-state index contributed by atoms with van der Waals surface area (Å²) in [6.07, 6.45) is 6.51. The van der Waals surface area contributed by atoms with Crippen molar-refractivity contribution < 1.29 is 4.79 Å². The molecule has 1 aromatic carbocycles. The molecule has 0 aliphatic carbocycles. The second kappa shape index (κ2) is 7.82. The van der Waals surface area contributed by atoms with Crippen molar-refractivity contribution in [1.29, 1.82) is 0 Å². The van der Waals surface area contributed by atoms with Crippen molar-refractivity contribution in [2.24, 2.45) is 0 Å². The normalized spacial score (nSPS) is 10.8. The molecule has 0 unspecified atom stereocenters. The van der Waals surface area contributed by atoms with E-state index in [0.29, 0.717) is 0 Å². The Bertz CT molecular complexity index is 401. The molecule has 2 N–H and O–H groups in total. The van der Waals surface area contributed by atoms with Crippen molar-refractivity contribution in [2.75, 3.05) is 31.3 Å². The van der Waals surface area contributed by atoms with Crippen molar-refractivity contribution in [2.45, 2.75) is 6.42 Å². The Morgan fingerprint density at radius 3 is 2.67 bits per heavy atom. The molecule has 0 saturated heterocycles. The first-order valence-electron chi connectivity index (χ1n) is 5.91. The number of amides is 1. The van der Waals surface area contributed by atoms with Crippen LogP contribution in [0.25, 0.3) is 6.08 Å². The third-order valence-electron chi connectivity index (χ3n) is 2.57. The fourth-order valence-electron chi connectivity index (χ4n) is 1.46. The molecule has 1 aromatic rings. The summed E-state index contributed by atoms with van der Waals surface area (Å²) in [7, 11) is 1.83. The molecule has 0 spiro atoms. The lowest BCUT2D eigenvalue weighted by Gasteiger charge is -2.14. The number of carbonyl (C=O) groups is 1. The Kier molecular flexibility index (Phi) is 6.36. The zero-order chi connectivity index (χ0) is 13.4. The van der Waals surface area contributed by atoms with Gasteiger partial charge in [-0.05, 0) is 42.2 Å². The van der Waals surface area contributed by atoms with Gasteiger partial charge in [-0.3, -0.25) is 4.79 Å². The number of thioether (sulfide) groups is 1. The van der Waals surface area contributed by atoms with Crippen molar-refractivity contribution in [3.63, 3.8) is 0 Å². The molecule has 0 fully saturated rings. The van der Waals surface area contributed by atoms with Crippen LogP contribution in [0.1, 0.15) is 12.0 Å². The van der Waals surface area contributed by atoms with Gasteiger partial charge in [0.05, 0.1) is 0 Å². The van der Waals surface area contributed by atoms with Crippen LogP contribution in [-0.2, 0) is 4.79 Å². The van der Waals surface area contributed by atoms with Gasteiger partial charge in [-0.2, -0.15) is 11.8 Å². The molecule has 0 bridgehead atoms. The first-order valence-corrected chi connectivity index (χ1v) is 7.30. The van der Waals surface area contributed by atoms with Gasteiger partial charge < -0.3 is 10.6 Å². The molecule has 0 atom stereocenters. The SMILES string of the molecule is CSCCCN(C)C(=O)/C=C/c1ccc(N)cc1. The molecular formula is C14H20N2OS. The lowest BCUT2D eigenvalue weighted by molar-refractivity contribution is -0.124. The third-order valence-corrected chi connectivity index (χ3v) is 3.27. The van der Waals surface area contributed by atoms with E-state index in [9.17, 15) is 4.79 Å². The summed E-state index contributed by atoms with van der Waals surface area (Å²) in [5, 5.41) is 0. The monoisotopic (exact) mass is 264 g/mol. The topological polar surface area (TPSA) is 46.3 Å². The number of rotatable bonds is 6. The molecule has 1 rings (SSSR count). The van der Waals surface area contributed by atoms with Crippen LogP contribution >= 0.6 is 11.8 Å². The van der Waals surface area contributed by atoms with E-state index in [2.05, 4.69) is 6.26 Å². The summed E-state index contributed by atoms with van der Waals surface area (Å²) in [4.78, 5) is 13.5. The van der Waals surface area contributed by atoms with E-state index in [-0.39, 0.29) is 5.91 Å². The maximum atomic E-state index is 11.8. The zero-order valence-electron chi connectivity index (χ0n) is 10.9. The summed E-state index contributed by atoms with van der Waals surface area (Å²) in [5.41, 5.74) is 7.31. The van der Waals surface area contributed by atoms with Crippen molar-refractivity contribution in [3.8, 4) is 0 Å². The quantitative estimate of drug-likeness (QED) is 0.488. The van der Waals surface area contributed by atoms with Crippen molar-refractivity contribution >= 4 is 29.4 Å². The van der Waals surface area contributed by atoms with Crippen LogP contribution < -0.4 is 5.73 Å². The lowest BCUT2D eigenvalue weighted by Crippen LogP contribution is -2.26. The Morgan fingerprint density at radius 2 is 2.06 bits per heavy atom. The van der Waals surface area contributed by atoms with Crippen molar-refractivity contribution in [1.82, 2.24) is 4.90 Å². The van der Waals surface area contributed by atoms with Crippen LogP contribution in [0.5, 0.6) is 0 Å². The average Bonchev–Trinajstić information content (AvgIpc) is 2.38. The second-order valence-corrected chi connectivity index (χ2v) is 5.09. The first-order chi connectivity index (χ1) is 8.63. The lowest BCUT2D eigenvalue weighted by atomic mass is 10.2. The molecule has 0 radical (unpaired) electrons. The number of hydrogen-bond acceptors (Lipinski definition) is 3. The standard InChI is InChI=1S/C14H20N2OS/c1-16(10-3-11-18-2)14(17)9-6-12-4-7-13(15)8-5-12/h4-9H,3,10-11,15H2,1-2H3/b9-6+. The average molecular weight is 264 g/mol. The Labute approximate surface area is 113 Å². The fraction of sp³-hybridized carbons (Fsp3) is 0.357. The van der Waals surface area contributed by atoms with Crippen LogP contribution in [0, 0.1) is 0 Å². The maximum Gasteiger partial charge on any atom is 0.246 e. The molecule has 18 heavy (non-hydrogen) atoms. The predicted molar refractivity (Wildman–Crippen MR) is 80.5 cm³/mol. The van der Waals surface area contributed by atoms with E-state index < -0.39 is 0 Å². The minimum absolute atomic E-state index is 0.0351. The number of anilines is 1. The Morgan fingerprint density at radius 1 is 1.39 bits per heavy atom. The van der Waals surface area contributed by atoms with Crippen LogP contribution in [0.4, 0.5) is 5.69 Å². The molecule has 0 aliphatic heterocycles. The van der Waals surface area contributed by atoms with E-state index in [1.54, 1.807) is 22.7 Å². The van der Waals surface area contributed by atoms with Gasteiger partial charge in [0.2, 0.25) is 5.91 Å². The molecular weight excluding hydrogens is 244 g/mol. The van der Waals surface area contributed by atoms with Gasteiger partial charge >= 0.3 is 0 Å². The van der Waals surface area contributed by atoms with E-state index >= 15 is 0 Å². The van der Waals surface area contributed by atoms with Gasteiger partial charge in [-0.15, -0.1) is 0 Å². The van der Waals surface area contributed by atoms with Crippen LogP contribution in [0.2, 0.25) is 0 Å². The minimum Gasteiger partial charge on any atom is -0.399 e. The fourth-order valence-corrected chi connectivity index (χ4v) is 1.88. The number of carbonyl (C=O) groups excluding carboxylic acids is 1. The zero-order valence-corrected chi connectivity index (χ0v) is 11.7. The smallest absolute Gasteiger partial charge is 0.246 e. The van der Waals surface area contributed by atoms with Crippen LogP contribution in [-0.4, -0.2) is 36.4 Å². The van der Waals surface area contributed by atoms with Gasteiger partial charge in [0.15, 0.2) is 0 Å². The van der Waals surface area contributed by atoms with E-state index in [4.69, 9.17) is 5.73 Å². The molecule has 0 aromatic heterocycles. The molecule has 0 heterocycles. The summed E-state index contributed by atoms with van der Waals surface area (Å²) in [6.45, 7) is 0.797. The van der Waals surface area contributed by atoms with Gasteiger partial charge in [0, 0.05) is 25.4 Å². The molecule has 0 aliphatic rings. The maximum absolute atomic E-state index is 11.8. The van der Waals surface area contributed by atoms with E-state index in [1.807, 2.05) is 37.4 Å². The van der Waals surface area contributed by atoms with E-state index in [1.165, 1.54) is 0 Å². The van der Waals surface area contributed by atoms with Gasteiger partial charge in [0.25, 0.3) is 0 Å². The highest BCUT2D eigenvalue weighted by Gasteiger charge is 2.03. The highest BCUT2D eigenvalue weighted by Crippen LogP contribution is 2.07. The molecule has 3 nitrogen and oxygen atoms in total. The molecule has 98 valence electrons. The van der Waals surface area contributed by atoms with Crippen LogP contribution in [0.3, 0.4) is 0 Å². The number of hydrogen-bond donors (Lipinski definition) is 1. The van der Waals surface area contributed by atoms with Gasteiger partial charge in [-0.1, -0.05) is 12.1 Å². The third kappa shape index (κ3) is 5.27. The minimum atomic E-state index is 0.0351. The largest absolute Gasteiger partial charge is 0.399 e. The number of nitrogens with two attached hydrogens (primary N) is 1. The van der Waals surface area contributed by atoms with Crippen LogP contribution in [0.15, 0.2) is 30.3 Å². The number of nitrogens with zero attached hydrogens (tertiary/aromatic N) is 1. The van der Waals surface area contributed by atoms with Crippen molar-refractivity contribution in [3.05, 3.63) is 35.9 Å². The predicted octanol–water partition coefficient (Wildman–Crippen LogP) is 2.49. The first kappa shape index (κ1) is 14.6. The Hall–Kier alpha value is -1.42. The highest BCUT2D eigenvalue weighted by molar-refractivity contribution is 7.98. The molecule has 4 heteroatoms. The summed E-state index contributed by atoms with van der Waals surface area (Å²) in [5.74, 6) is 1.12. The van der Waals surface area contributed by atoms with E-state index in [0.717, 1.165) is 30.0 Å². The summed E-state index contributed by atoms with van der Waals surface area (Å²) in [6, 6.07) is 7.44. The highest BCUT2D eigenvalue weighted by atomic mass is 32.2. The summed E-state index contributed by atoms with van der Waals surface area (Å²) >= 11 is 1.80. The molecule has 1 amide bonds. The summed E-state index contributed by atoms with van der Waals surface area (Å²) < 4.78 is 0.